The molecule has 3 saturated carbocycles. The van der Waals surface area contributed by atoms with E-state index in [1.165, 1.54) is 16.9 Å². The molecule has 9 heteroatoms. The predicted molar refractivity (Wildman–Crippen MR) is 138 cm³/mol. The number of alkyl halides is 1. The lowest BCUT2D eigenvalue weighted by atomic mass is 9.45. The van der Waals surface area contributed by atoms with Gasteiger partial charge in [0.15, 0.2) is 17.7 Å². The first-order chi connectivity index (χ1) is 18.0. The van der Waals surface area contributed by atoms with E-state index >= 15 is 4.39 Å². The van der Waals surface area contributed by atoms with Crippen LogP contribution in [0.5, 0.6) is 0 Å². The van der Waals surface area contributed by atoms with Crippen LogP contribution < -0.4 is 4.84 Å². The van der Waals surface area contributed by atoms with E-state index in [2.05, 4.69) is 0 Å². The number of hydrogen-bond acceptors (Lipinski definition) is 7. The zero-order valence-corrected chi connectivity index (χ0v) is 22.4. The molecule has 1 aliphatic heterocycles. The molecule has 1 aromatic heterocycles. The molecule has 0 aromatic carbocycles. The maximum Gasteiger partial charge on any atom is 0.367 e. The molecule has 0 amide bonds. The molecule has 202 valence electrons. The van der Waals surface area contributed by atoms with E-state index in [-0.39, 0.29) is 18.1 Å². The standard InChI is InChI=1S/C29H32FNO6S/c1-4-7-24-35-22-15-20-19-10-9-17-14-18(32)11-12-26(17,2)28(19,30)21(33)16-27(20,3)29(22,36-24)25(34)37-31-13-6-5-8-23(31)38/h4-8,11-14,19-22,24,33H,9-10,15-16H2,1-3H3/b7-4+/t19-,20-,21-,22+,24+,26-,27-,28-,29-/m0/s1. The summed E-state index contributed by atoms with van der Waals surface area (Å²) in [5.41, 5.74) is -5.01. The molecule has 7 nitrogen and oxygen atoms in total. The van der Waals surface area contributed by atoms with Gasteiger partial charge in [-0.3, -0.25) is 4.79 Å². The summed E-state index contributed by atoms with van der Waals surface area (Å²) in [5, 5.41) is 11.7. The van der Waals surface area contributed by atoms with Crippen LogP contribution in [0.15, 0.2) is 60.3 Å². The summed E-state index contributed by atoms with van der Waals surface area (Å²) in [5.74, 6) is -1.76. The monoisotopic (exact) mass is 541 g/mol. The van der Waals surface area contributed by atoms with Crippen LogP contribution in [0.2, 0.25) is 0 Å². The van der Waals surface area contributed by atoms with Crippen molar-refractivity contribution in [1.29, 1.82) is 0 Å². The van der Waals surface area contributed by atoms with Crippen LogP contribution >= 0.6 is 12.2 Å². The van der Waals surface area contributed by atoms with Crippen molar-refractivity contribution in [2.75, 3.05) is 0 Å². The fourth-order valence-electron chi connectivity index (χ4n) is 8.22. The normalized spacial score (nSPS) is 45.2. The number of ether oxygens (including phenoxy) is 2. The molecule has 0 spiro atoms. The first-order valence-electron chi connectivity index (χ1n) is 13.2. The van der Waals surface area contributed by atoms with Gasteiger partial charge in [-0.15, -0.1) is 0 Å². The number of fused-ring (bicyclic) bond motifs is 7. The molecule has 1 N–H and O–H groups in total. The van der Waals surface area contributed by atoms with Gasteiger partial charge in [0.05, 0.1) is 6.10 Å². The topological polar surface area (TPSA) is 87.0 Å². The molecule has 0 unspecified atom stereocenters. The molecule has 4 aliphatic carbocycles. The lowest BCUT2D eigenvalue weighted by molar-refractivity contribution is -0.234. The summed E-state index contributed by atoms with van der Waals surface area (Å²) < 4.78 is 31.7. The Balaban J connectivity index is 1.44. The van der Waals surface area contributed by atoms with Crippen molar-refractivity contribution in [3.8, 4) is 0 Å². The highest BCUT2D eigenvalue weighted by molar-refractivity contribution is 7.71. The number of aliphatic hydroxyl groups is 1. The number of hydrogen-bond donors (Lipinski definition) is 1. The molecular weight excluding hydrogens is 509 g/mol. The summed E-state index contributed by atoms with van der Waals surface area (Å²) in [6.45, 7) is 5.49. The van der Waals surface area contributed by atoms with E-state index in [0.29, 0.717) is 29.5 Å². The summed E-state index contributed by atoms with van der Waals surface area (Å²) in [4.78, 5) is 32.0. The average Bonchev–Trinajstić information content (AvgIpc) is 3.35. The number of aliphatic hydroxyl groups excluding tert-OH is 1. The number of pyridine rings is 1. The highest BCUT2D eigenvalue weighted by Crippen LogP contribution is 2.71. The summed E-state index contributed by atoms with van der Waals surface area (Å²) in [7, 11) is 0. The Labute approximate surface area is 225 Å². The van der Waals surface area contributed by atoms with E-state index in [9.17, 15) is 14.7 Å². The first-order valence-corrected chi connectivity index (χ1v) is 13.6. The van der Waals surface area contributed by atoms with E-state index in [0.717, 1.165) is 0 Å². The van der Waals surface area contributed by atoms with Crippen molar-refractivity contribution >= 4 is 24.0 Å². The van der Waals surface area contributed by atoms with E-state index in [4.69, 9.17) is 26.5 Å². The quantitative estimate of drug-likeness (QED) is 0.453. The van der Waals surface area contributed by atoms with Crippen molar-refractivity contribution in [2.45, 2.75) is 76.2 Å². The second-order valence-electron chi connectivity index (χ2n) is 11.6. The minimum absolute atomic E-state index is 0.0347. The van der Waals surface area contributed by atoms with Crippen LogP contribution in [-0.4, -0.2) is 51.4 Å². The van der Waals surface area contributed by atoms with Crippen LogP contribution in [0.3, 0.4) is 0 Å². The Morgan fingerprint density at radius 2 is 2.11 bits per heavy atom. The molecular formula is C29H32FNO6S. The third kappa shape index (κ3) is 3.13. The number of halogens is 1. The smallest absolute Gasteiger partial charge is 0.367 e. The lowest BCUT2D eigenvalue weighted by Crippen LogP contribution is -2.70. The van der Waals surface area contributed by atoms with Gasteiger partial charge >= 0.3 is 5.97 Å². The van der Waals surface area contributed by atoms with Gasteiger partial charge in [-0.25, -0.2) is 9.18 Å². The van der Waals surface area contributed by atoms with Crippen molar-refractivity contribution < 1.29 is 33.4 Å². The number of aromatic nitrogens is 1. The van der Waals surface area contributed by atoms with Crippen LogP contribution in [0, 0.1) is 27.3 Å². The summed E-state index contributed by atoms with van der Waals surface area (Å²) in [6, 6.07) is 5.09. The molecule has 9 atom stereocenters. The van der Waals surface area contributed by atoms with Crippen LogP contribution in [-0.2, 0) is 19.1 Å². The lowest BCUT2D eigenvalue weighted by Gasteiger charge is -2.62. The molecule has 6 rings (SSSR count). The van der Waals surface area contributed by atoms with Crippen LogP contribution in [0.1, 0.15) is 46.5 Å². The molecule has 1 saturated heterocycles. The number of rotatable bonds is 3. The Morgan fingerprint density at radius 3 is 2.84 bits per heavy atom. The summed E-state index contributed by atoms with van der Waals surface area (Å²) >= 11 is 5.33. The Bertz CT molecular complexity index is 1350. The minimum Gasteiger partial charge on any atom is -0.390 e. The Hall–Kier alpha value is -2.46. The van der Waals surface area contributed by atoms with E-state index in [1.54, 1.807) is 49.5 Å². The maximum absolute atomic E-state index is 17.5. The molecule has 0 bridgehead atoms. The Morgan fingerprint density at radius 1 is 1.32 bits per heavy atom. The largest absolute Gasteiger partial charge is 0.390 e. The zero-order valence-electron chi connectivity index (χ0n) is 21.6. The van der Waals surface area contributed by atoms with Gasteiger partial charge in [-0.1, -0.05) is 42.9 Å². The van der Waals surface area contributed by atoms with Gasteiger partial charge in [-0.05, 0) is 75.8 Å². The second kappa shape index (κ2) is 8.52. The van der Waals surface area contributed by atoms with Crippen molar-refractivity contribution in [3.05, 3.63) is 65.0 Å². The van der Waals surface area contributed by atoms with Gasteiger partial charge in [0.25, 0.3) is 0 Å². The molecule has 38 heavy (non-hydrogen) atoms. The number of carbonyl (C=O) groups is 2. The van der Waals surface area contributed by atoms with E-state index < -0.39 is 52.5 Å². The third-order valence-electron chi connectivity index (χ3n) is 10.0. The fourth-order valence-corrected chi connectivity index (χ4v) is 8.40. The Kier molecular flexibility index (Phi) is 5.78. The number of allylic oxidation sites excluding steroid dienone is 5. The SMILES string of the molecule is C/C=C/[C@@H]1O[C@@H]2C[C@H]3[C@@H]4CCC5=CC(=O)C=C[C@]5(C)[C@@]4(F)[C@@H](O)C[C@]3(C)[C@]2(C(=O)On2ccccc2=S)O1. The second-order valence-corrected chi connectivity index (χ2v) is 12.0. The van der Waals surface area contributed by atoms with Crippen molar-refractivity contribution in [3.63, 3.8) is 0 Å². The van der Waals surface area contributed by atoms with Crippen LogP contribution in [0.25, 0.3) is 0 Å². The van der Waals surface area contributed by atoms with Gasteiger partial charge in [-0.2, -0.15) is 4.73 Å². The van der Waals surface area contributed by atoms with Gasteiger partial charge in [0.1, 0.15) is 10.7 Å². The molecule has 5 aliphatic rings. The fraction of sp³-hybridized carbons (Fsp3) is 0.552. The van der Waals surface area contributed by atoms with Gasteiger partial charge < -0.3 is 19.4 Å². The van der Waals surface area contributed by atoms with Gasteiger partial charge in [0.2, 0.25) is 5.60 Å². The highest BCUT2D eigenvalue weighted by Gasteiger charge is 2.80. The van der Waals surface area contributed by atoms with Crippen LogP contribution in [0.4, 0.5) is 4.39 Å². The maximum atomic E-state index is 17.5. The van der Waals surface area contributed by atoms with E-state index in [1.807, 2.05) is 13.8 Å². The van der Waals surface area contributed by atoms with Crippen molar-refractivity contribution in [1.82, 2.24) is 4.73 Å². The predicted octanol–water partition coefficient (Wildman–Crippen LogP) is 4.21. The molecule has 1 aromatic rings. The summed E-state index contributed by atoms with van der Waals surface area (Å²) in [6.07, 6.45) is 8.01. The number of carbonyl (C=O) groups excluding carboxylic acids is 2. The average molecular weight is 542 g/mol. The highest BCUT2D eigenvalue weighted by atomic mass is 32.1. The van der Waals surface area contributed by atoms with Gasteiger partial charge in [0, 0.05) is 22.9 Å². The number of ketones is 1. The number of nitrogens with zero attached hydrogens (tertiary/aromatic N) is 1. The van der Waals surface area contributed by atoms with Crippen molar-refractivity contribution in [2.24, 2.45) is 22.7 Å². The zero-order chi connectivity index (χ0) is 27.1. The molecule has 2 heterocycles. The minimum atomic E-state index is -2.02. The molecule has 4 fully saturated rings. The molecule has 0 radical (unpaired) electrons. The first kappa shape index (κ1) is 25.8. The third-order valence-corrected chi connectivity index (χ3v) is 10.3.